The second kappa shape index (κ2) is 8.43. The molecule has 10 heteroatoms. The first-order chi connectivity index (χ1) is 16.4. The fourth-order valence-electron chi connectivity index (χ4n) is 4.59. The Morgan fingerprint density at radius 1 is 0.514 bits per heavy atom. The van der Waals surface area contributed by atoms with Crippen molar-refractivity contribution in [1.82, 2.24) is 9.97 Å². The number of pyridine rings is 2. The van der Waals surface area contributed by atoms with E-state index in [4.69, 9.17) is 0 Å². The molecule has 0 spiro atoms. The van der Waals surface area contributed by atoms with Gasteiger partial charge in [0.2, 0.25) is 0 Å². The molecule has 0 bridgehead atoms. The van der Waals surface area contributed by atoms with Gasteiger partial charge in [-0.1, -0.05) is 36.4 Å². The third-order valence-corrected chi connectivity index (χ3v) is 7.25. The van der Waals surface area contributed by atoms with Crippen LogP contribution in [0.4, 0.5) is 26.3 Å². The SMILES string of the molecule is FC(F)(F)c1ccc(C2(c3ccc(C(F)(F)F)cc3)c3ccc(I)nc3-c3nc(I)ccc32)cc1. The lowest BCUT2D eigenvalue weighted by Crippen LogP contribution is -2.29. The number of hydrogen-bond acceptors (Lipinski definition) is 2. The summed E-state index contributed by atoms with van der Waals surface area (Å²) in [7, 11) is 0. The van der Waals surface area contributed by atoms with Crippen LogP contribution in [0.25, 0.3) is 11.4 Å². The first kappa shape index (κ1) is 24.5. The van der Waals surface area contributed by atoms with Crippen molar-refractivity contribution in [2.45, 2.75) is 17.8 Å². The number of hydrogen-bond donors (Lipinski definition) is 0. The van der Waals surface area contributed by atoms with E-state index in [1.54, 1.807) is 12.1 Å². The van der Waals surface area contributed by atoms with Crippen LogP contribution in [-0.4, -0.2) is 9.97 Å². The van der Waals surface area contributed by atoms with Gasteiger partial charge in [0.15, 0.2) is 0 Å². The third-order valence-electron chi connectivity index (χ3n) is 6.05. The van der Waals surface area contributed by atoms with Crippen LogP contribution in [-0.2, 0) is 17.8 Å². The molecule has 0 aliphatic heterocycles. The first-order valence-corrected chi connectivity index (χ1v) is 12.3. The van der Waals surface area contributed by atoms with Crippen molar-refractivity contribution in [3.63, 3.8) is 0 Å². The largest absolute Gasteiger partial charge is 0.416 e. The minimum Gasteiger partial charge on any atom is -0.240 e. The van der Waals surface area contributed by atoms with Gasteiger partial charge in [0, 0.05) is 0 Å². The van der Waals surface area contributed by atoms with Gasteiger partial charge in [0.25, 0.3) is 0 Å². The van der Waals surface area contributed by atoms with E-state index < -0.39 is 28.9 Å². The van der Waals surface area contributed by atoms with Gasteiger partial charge in [0.1, 0.15) is 7.40 Å². The predicted octanol–water partition coefficient (Wildman–Crippen LogP) is 8.09. The van der Waals surface area contributed by atoms with Crippen LogP contribution < -0.4 is 0 Å². The highest BCUT2D eigenvalue weighted by Gasteiger charge is 2.48. The van der Waals surface area contributed by atoms with Gasteiger partial charge in [-0.15, -0.1) is 0 Å². The van der Waals surface area contributed by atoms with E-state index in [2.05, 4.69) is 55.1 Å². The fraction of sp³-hybridized carbons (Fsp3) is 0.120. The number of aromatic nitrogens is 2. The van der Waals surface area contributed by atoms with Crippen LogP contribution in [0.3, 0.4) is 0 Å². The van der Waals surface area contributed by atoms with E-state index in [0.717, 1.165) is 24.3 Å². The van der Waals surface area contributed by atoms with Crippen molar-refractivity contribution >= 4 is 45.2 Å². The molecule has 178 valence electrons. The summed E-state index contributed by atoms with van der Waals surface area (Å²) in [6, 6.07) is 16.6. The highest BCUT2D eigenvalue weighted by Crippen LogP contribution is 2.55. The van der Waals surface area contributed by atoms with Gasteiger partial charge in [-0.2, -0.15) is 26.3 Å². The summed E-state index contributed by atoms with van der Waals surface area (Å²) in [6.07, 6.45) is -9.05. The molecule has 0 saturated heterocycles. The highest BCUT2D eigenvalue weighted by molar-refractivity contribution is 14.1. The maximum atomic E-state index is 13.3. The summed E-state index contributed by atoms with van der Waals surface area (Å²) in [6.45, 7) is 0. The minimum atomic E-state index is -4.53. The van der Waals surface area contributed by atoms with Gasteiger partial charge in [-0.3, -0.25) is 0 Å². The lowest BCUT2D eigenvalue weighted by atomic mass is 9.68. The maximum absolute atomic E-state index is 13.3. The Labute approximate surface area is 223 Å². The average molecular weight is 708 g/mol. The molecular formula is C25H12F6I2N2. The van der Waals surface area contributed by atoms with Gasteiger partial charge in [-0.05, 0) is 104 Å². The van der Waals surface area contributed by atoms with Gasteiger partial charge < -0.3 is 0 Å². The number of fused-ring (bicyclic) bond motifs is 3. The Bertz CT molecular complexity index is 1320. The lowest BCUT2D eigenvalue weighted by Gasteiger charge is -2.33. The molecule has 5 rings (SSSR count). The molecule has 2 nitrogen and oxygen atoms in total. The molecule has 4 aromatic rings. The van der Waals surface area contributed by atoms with E-state index in [1.165, 1.54) is 24.3 Å². The Hall–Kier alpha value is -2.22. The van der Waals surface area contributed by atoms with Crippen LogP contribution in [0.15, 0.2) is 72.8 Å². The highest BCUT2D eigenvalue weighted by atomic mass is 127. The molecule has 35 heavy (non-hydrogen) atoms. The number of alkyl halides is 6. The summed E-state index contributed by atoms with van der Waals surface area (Å²) in [5.41, 5.74) is 0.479. The lowest BCUT2D eigenvalue weighted by molar-refractivity contribution is -0.138. The van der Waals surface area contributed by atoms with Crippen molar-refractivity contribution in [2.24, 2.45) is 0 Å². The van der Waals surface area contributed by atoms with Crippen LogP contribution >= 0.6 is 45.2 Å². The van der Waals surface area contributed by atoms with Gasteiger partial charge in [-0.25, -0.2) is 9.97 Å². The molecule has 2 aromatic carbocycles. The first-order valence-electron chi connectivity index (χ1n) is 10.1. The quantitative estimate of drug-likeness (QED) is 0.105. The van der Waals surface area contributed by atoms with Crippen molar-refractivity contribution in [3.8, 4) is 11.4 Å². The Kier molecular flexibility index (Phi) is 5.89. The molecule has 0 radical (unpaired) electrons. The van der Waals surface area contributed by atoms with Crippen LogP contribution in [0.1, 0.15) is 33.4 Å². The van der Waals surface area contributed by atoms with E-state index in [0.29, 0.717) is 41.0 Å². The average Bonchev–Trinajstić information content (AvgIpc) is 3.08. The number of benzene rings is 2. The van der Waals surface area contributed by atoms with Crippen molar-refractivity contribution in [2.75, 3.05) is 0 Å². The fourth-order valence-corrected chi connectivity index (χ4v) is 5.43. The Morgan fingerprint density at radius 2 is 0.857 bits per heavy atom. The standard InChI is InChI=1S/C25H12F6I2N2/c26-24(27,28)15-5-1-13(2-6-15)23(14-3-7-16(8-4-14)25(29,30)31)17-9-11-19(32)34-21(17)22-18(23)10-12-20(33)35-22/h1-12H. The molecule has 0 unspecified atom stereocenters. The normalized spacial score (nSPS) is 14.5. The zero-order valence-corrected chi connectivity index (χ0v) is 21.7. The molecule has 2 heterocycles. The van der Waals surface area contributed by atoms with E-state index in [-0.39, 0.29) is 0 Å². The van der Waals surface area contributed by atoms with E-state index >= 15 is 0 Å². The molecule has 0 N–H and O–H groups in total. The topological polar surface area (TPSA) is 25.8 Å². The van der Waals surface area contributed by atoms with E-state index in [9.17, 15) is 26.3 Å². The second-order valence-corrected chi connectivity index (χ2v) is 10.2. The molecule has 0 amide bonds. The van der Waals surface area contributed by atoms with Crippen molar-refractivity contribution in [3.05, 3.63) is 114 Å². The second-order valence-electron chi connectivity index (χ2n) is 7.96. The summed E-state index contributed by atoms with van der Waals surface area (Å²) in [5.74, 6) is 0. The minimum absolute atomic E-state index is 0.469. The van der Waals surface area contributed by atoms with Crippen molar-refractivity contribution in [1.29, 1.82) is 0 Å². The van der Waals surface area contributed by atoms with Gasteiger partial charge >= 0.3 is 12.4 Å². The molecule has 1 aliphatic carbocycles. The van der Waals surface area contributed by atoms with Crippen molar-refractivity contribution < 1.29 is 26.3 Å². The zero-order chi connectivity index (χ0) is 25.2. The van der Waals surface area contributed by atoms with Crippen LogP contribution in [0, 0.1) is 7.40 Å². The van der Waals surface area contributed by atoms with Crippen LogP contribution in [0.2, 0.25) is 0 Å². The number of nitrogens with zero attached hydrogens (tertiary/aromatic N) is 2. The molecule has 0 saturated carbocycles. The molecule has 0 atom stereocenters. The molecule has 0 fully saturated rings. The van der Waals surface area contributed by atoms with Crippen LogP contribution in [0.5, 0.6) is 0 Å². The smallest absolute Gasteiger partial charge is 0.240 e. The Balaban J connectivity index is 1.86. The summed E-state index contributed by atoms with van der Waals surface area (Å²) in [4.78, 5) is 9.31. The summed E-state index contributed by atoms with van der Waals surface area (Å²) < 4.78 is 81.2. The predicted molar refractivity (Wildman–Crippen MR) is 135 cm³/mol. The van der Waals surface area contributed by atoms with E-state index in [1.807, 2.05) is 12.1 Å². The van der Waals surface area contributed by atoms with Gasteiger partial charge in [0.05, 0.1) is 27.9 Å². The number of rotatable bonds is 2. The monoisotopic (exact) mass is 708 g/mol. The molecule has 1 aliphatic rings. The maximum Gasteiger partial charge on any atom is 0.416 e. The zero-order valence-electron chi connectivity index (χ0n) is 17.3. The Morgan fingerprint density at radius 3 is 1.17 bits per heavy atom. The third kappa shape index (κ3) is 4.02. The summed E-state index contributed by atoms with van der Waals surface area (Å²) >= 11 is 4.11. The number of halogens is 8. The molecule has 2 aromatic heterocycles. The molecular weight excluding hydrogens is 696 g/mol. The summed E-state index contributed by atoms with van der Waals surface area (Å²) in [5, 5.41) is 0.